The highest BCUT2D eigenvalue weighted by Gasteiger charge is 2.31. The molecule has 0 aliphatic carbocycles. The highest BCUT2D eigenvalue weighted by atomic mass is 16.2. The Morgan fingerprint density at radius 1 is 1.04 bits per heavy atom. The molecule has 2 heterocycles. The first-order valence-corrected chi connectivity index (χ1v) is 8.72. The maximum Gasteiger partial charge on any atom is 0.317 e. The van der Waals surface area contributed by atoms with E-state index in [1.54, 1.807) is 0 Å². The van der Waals surface area contributed by atoms with Crippen molar-refractivity contribution in [3.63, 3.8) is 0 Å². The van der Waals surface area contributed by atoms with Crippen molar-refractivity contribution >= 4 is 11.9 Å². The third kappa shape index (κ3) is 4.70. The summed E-state index contributed by atoms with van der Waals surface area (Å²) in [6.07, 6.45) is 4.83. The summed E-state index contributed by atoms with van der Waals surface area (Å²) in [5, 5.41) is 2.98. The van der Waals surface area contributed by atoms with E-state index in [2.05, 4.69) is 16.8 Å². The Morgan fingerprint density at radius 3 is 2.22 bits per heavy atom. The highest BCUT2D eigenvalue weighted by Crippen LogP contribution is 2.14. The lowest BCUT2D eigenvalue weighted by Gasteiger charge is -2.38. The summed E-state index contributed by atoms with van der Waals surface area (Å²) in [7, 11) is 0. The lowest BCUT2D eigenvalue weighted by atomic mass is 10.2. The van der Waals surface area contributed by atoms with E-state index in [9.17, 15) is 9.59 Å². The van der Waals surface area contributed by atoms with Gasteiger partial charge in [-0.1, -0.05) is 6.08 Å². The van der Waals surface area contributed by atoms with Gasteiger partial charge in [0.25, 0.3) is 0 Å². The van der Waals surface area contributed by atoms with Crippen LogP contribution >= 0.6 is 0 Å². The van der Waals surface area contributed by atoms with E-state index in [1.807, 2.05) is 29.7 Å². The number of urea groups is 1. The van der Waals surface area contributed by atoms with Crippen LogP contribution in [0.4, 0.5) is 4.79 Å². The molecule has 2 fully saturated rings. The predicted molar refractivity (Wildman–Crippen MR) is 91.2 cm³/mol. The second-order valence-corrected chi connectivity index (χ2v) is 6.61. The summed E-state index contributed by atoms with van der Waals surface area (Å²) in [6.45, 7) is 12.3. The zero-order valence-corrected chi connectivity index (χ0v) is 14.5. The Balaban J connectivity index is 1.77. The van der Waals surface area contributed by atoms with Gasteiger partial charge < -0.3 is 15.1 Å². The van der Waals surface area contributed by atoms with Crippen LogP contribution in [0.25, 0.3) is 0 Å². The van der Waals surface area contributed by atoms with Crippen LogP contribution in [0.15, 0.2) is 12.7 Å². The molecule has 2 aliphatic rings. The van der Waals surface area contributed by atoms with Gasteiger partial charge in [0.1, 0.15) is 0 Å². The van der Waals surface area contributed by atoms with Crippen LogP contribution in [0, 0.1) is 0 Å². The molecule has 0 radical (unpaired) electrons. The van der Waals surface area contributed by atoms with Crippen molar-refractivity contribution in [2.45, 2.75) is 45.2 Å². The Bertz CT molecular complexity index is 426. The van der Waals surface area contributed by atoms with E-state index in [-0.39, 0.29) is 24.0 Å². The number of carbonyl (C=O) groups is 2. The maximum absolute atomic E-state index is 12.5. The molecular weight excluding hydrogens is 292 g/mol. The van der Waals surface area contributed by atoms with Gasteiger partial charge in [-0.25, -0.2) is 4.79 Å². The summed E-state index contributed by atoms with van der Waals surface area (Å²) in [6, 6.07) is 0.00391. The first-order valence-electron chi connectivity index (χ1n) is 8.72. The van der Waals surface area contributed by atoms with Gasteiger partial charge in [-0.15, -0.1) is 6.58 Å². The van der Waals surface area contributed by atoms with Crippen LogP contribution < -0.4 is 5.32 Å². The predicted octanol–water partition coefficient (Wildman–Crippen LogP) is 1.29. The SMILES string of the molecule is C=CC[C@@H](C)NC(=O)N1CCN([C@@H](C)C(=O)N2CCCC2)CC1. The van der Waals surface area contributed by atoms with Gasteiger partial charge in [0.05, 0.1) is 6.04 Å². The molecule has 6 nitrogen and oxygen atoms in total. The van der Waals surface area contributed by atoms with E-state index in [0.29, 0.717) is 13.1 Å². The monoisotopic (exact) mass is 322 g/mol. The van der Waals surface area contributed by atoms with Crippen molar-refractivity contribution in [2.24, 2.45) is 0 Å². The van der Waals surface area contributed by atoms with E-state index in [4.69, 9.17) is 0 Å². The van der Waals surface area contributed by atoms with Crippen LogP contribution in [-0.2, 0) is 4.79 Å². The molecule has 2 rings (SSSR count). The van der Waals surface area contributed by atoms with Crippen molar-refractivity contribution in [2.75, 3.05) is 39.3 Å². The summed E-state index contributed by atoms with van der Waals surface area (Å²) < 4.78 is 0. The topological polar surface area (TPSA) is 55.9 Å². The lowest BCUT2D eigenvalue weighted by Crippen LogP contribution is -2.57. The molecule has 2 saturated heterocycles. The van der Waals surface area contributed by atoms with Crippen LogP contribution in [-0.4, -0.2) is 78.0 Å². The van der Waals surface area contributed by atoms with Crippen LogP contribution in [0.1, 0.15) is 33.1 Å². The summed E-state index contributed by atoms with van der Waals surface area (Å²) in [5.41, 5.74) is 0. The third-order valence-corrected chi connectivity index (χ3v) is 4.81. The molecule has 0 spiro atoms. The summed E-state index contributed by atoms with van der Waals surface area (Å²) >= 11 is 0. The van der Waals surface area contributed by atoms with Gasteiger partial charge in [0, 0.05) is 45.3 Å². The number of piperazine rings is 1. The Hall–Kier alpha value is -1.56. The van der Waals surface area contributed by atoms with E-state index < -0.39 is 0 Å². The fourth-order valence-electron chi connectivity index (χ4n) is 3.28. The molecule has 0 saturated carbocycles. The lowest BCUT2D eigenvalue weighted by molar-refractivity contribution is -0.135. The van der Waals surface area contributed by atoms with Crippen molar-refractivity contribution in [1.29, 1.82) is 0 Å². The van der Waals surface area contributed by atoms with Crippen LogP contribution in [0.5, 0.6) is 0 Å². The molecule has 0 aromatic rings. The van der Waals surface area contributed by atoms with Crippen molar-refractivity contribution in [1.82, 2.24) is 20.0 Å². The average molecular weight is 322 g/mol. The smallest absolute Gasteiger partial charge is 0.317 e. The number of hydrogen-bond donors (Lipinski definition) is 1. The van der Waals surface area contributed by atoms with Crippen molar-refractivity contribution in [3.05, 3.63) is 12.7 Å². The normalized spacial score (nSPS) is 21.8. The van der Waals surface area contributed by atoms with Crippen molar-refractivity contribution in [3.8, 4) is 0 Å². The number of rotatable bonds is 5. The minimum Gasteiger partial charge on any atom is -0.341 e. The molecule has 0 aromatic heterocycles. The van der Waals surface area contributed by atoms with Gasteiger partial charge in [-0.2, -0.15) is 0 Å². The minimum atomic E-state index is -0.0852. The molecule has 2 atom stereocenters. The van der Waals surface area contributed by atoms with Gasteiger partial charge in [-0.3, -0.25) is 9.69 Å². The van der Waals surface area contributed by atoms with Gasteiger partial charge in [0.15, 0.2) is 0 Å². The molecule has 23 heavy (non-hydrogen) atoms. The molecule has 1 N–H and O–H groups in total. The zero-order chi connectivity index (χ0) is 16.8. The molecular formula is C17H30N4O2. The van der Waals surface area contributed by atoms with E-state index >= 15 is 0 Å². The van der Waals surface area contributed by atoms with Crippen molar-refractivity contribution < 1.29 is 9.59 Å². The quantitative estimate of drug-likeness (QED) is 0.776. The number of carbonyl (C=O) groups excluding carboxylic acids is 2. The largest absolute Gasteiger partial charge is 0.341 e. The Kier molecular flexibility index (Phi) is 6.45. The van der Waals surface area contributed by atoms with Crippen LogP contribution in [0.2, 0.25) is 0 Å². The first kappa shape index (κ1) is 17.8. The Morgan fingerprint density at radius 2 is 1.65 bits per heavy atom. The minimum absolute atomic E-state index is 0.0162. The Labute approximate surface area is 139 Å². The third-order valence-electron chi connectivity index (χ3n) is 4.81. The standard InChI is InChI=1S/C17H30N4O2/c1-4-7-14(2)18-17(23)21-12-10-19(11-13-21)15(3)16(22)20-8-5-6-9-20/h4,14-15H,1,5-13H2,2-3H3,(H,18,23)/t14-,15+/m1/s1. The summed E-state index contributed by atoms with van der Waals surface area (Å²) in [4.78, 5) is 30.7. The van der Waals surface area contributed by atoms with Gasteiger partial charge in [0.2, 0.25) is 5.91 Å². The molecule has 0 unspecified atom stereocenters. The number of nitrogens with zero attached hydrogens (tertiary/aromatic N) is 3. The highest BCUT2D eigenvalue weighted by molar-refractivity contribution is 5.81. The first-order chi connectivity index (χ1) is 11.0. The fourth-order valence-corrected chi connectivity index (χ4v) is 3.28. The molecule has 0 bridgehead atoms. The van der Waals surface area contributed by atoms with E-state index in [0.717, 1.165) is 45.4 Å². The number of nitrogens with one attached hydrogen (secondary N) is 1. The number of likely N-dealkylation sites (tertiary alicyclic amines) is 1. The maximum atomic E-state index is 12.5. The molecule has 6 heteroatoms. The molecule has 3 amide bonds. The van der Waals surface area contributed by atoms with Gasteiger partial charge in [-0.05, 0) is 33.1 Å². The average Bonchev–Trinajstić information content (AvgIpc) is 3.08. The summed E-state index contributed by atoms with van der Waals surface area (Å²) in [5.74, 6) is 0.236. The number of hydrogen-bond acceptors (Lipinski definition) is 3. The zero-order valence-electron chi connectivity index (χ0n) is 14.5. The second kappa shape index (κ2) is 8.34. The molecule has 0 aromatic carbocycles. The number of amides is 3. The van der Waals surface area contributed by atoms with Gasteiger partial charge >= 0.3 is 6.03 Å². The van der Waals surface area contributed by atoms with Crippen LogP contribution in [0.3, 0.4) is 0 Å². The fraction of sp³-hybridized carbons (Fsp3) is 0.765. The molecule has 2 aliphatic heterocycles. The van der Waals surface area contributed by atoms with E-state index in [1.165, 1.54) is 0 Å². The second-order valence-electron chi connectivity index (χ2n) is 6.61. The molecule has 130 valence electrons.